The Morgan fingerprint density at radius 3 is 1.33 bits per heavy atom. The standard InChI is InChI=1S/C22H45NO/c1-2-3-4-5-6-7-8-9-10-11-12-13-14-15-16-17-18-19-20-21-22-23-24/h9-10H,2-8,11-23H2,1H3. The topological polar surface area (TPSA) is 39.7 Å². The lowest BCUT2D eigenvalue weighted by atomic mass is 10.1. The average molecular weight is 340 g/mol. The second-order valence-corrected chi connectivity index (χ2v) is 7.31. The largest absolute Gasteiger partial charge is 0.636 e. The summed E-state index contributed by atoms with van der Waals surface area (Å²) in [5, 5.41) is 10.2. The lowest BCUT2D eigenvalue weighted by Crippen LogP contribution is -2.77. The quantitative estimate of drug-likeness (QED) is 0.151. The van der Waals surface area contributed by atoms with Crippen molar-refractivity contribution in [2.24, 2.45) is 0 Å². The zero-order chi connectivity index (χ0) is 17.6. The first kappa shape index (κ1) is 23.7. The van der Waals surface area contributed by atoms with Gasteiger partial charge >= 0.3 is 0 Å². The Kier molecular flexibility index (Phi) is 22.3. The second kappa shape index (κ2) is 22.7. The lowest BCUT2D eigenvalue weighted by molar-refractivity contribution is -0.589. The highest BCUT2D eigenvalue weighted by atomic mass is 16.5. The van der Waals surface area contributed by atoms with E-state index in [1.165, 1.54) is 109 Å². The summed E-state index contributed by atoms with van der Waals surface area (Å²) in [5.41, 5.74) is 1.05. The molecule has 0 unspecified atom stereocenters. The van der Waals surface area contributed by atoms with Gasteiger partial charge in [-0.2, -0.15) is 0 Å². The predicted octanol–water partition coefficient (Wildman–Crippen LogP) is 6.65. The van der Waals surface area contributed by atoms with E-state index in [1.54, 1.807) is 0 Å². The molecule has 0 aliphatic rings. The van der Waals surface area contributed by atoms with Crippen molar-refractivity contribution in [3.63, 3.8) is 0 Å². The van der Waals surface area contributed by atoms with Gasteiger partial charge in [0.1, 0.15) is 0 Å². The molecule has 0 saturated carbocycles. The first-order valence-electron chi connectivity index (χ1n) is 11.0. The van der Waals surface area contributed by atoms with Gasteiger partial charge < -0.3 is 10.7 Å². The molecule has 0 aromatic heterocycles. The van der Waals surface area contributed by atoms with Crippen LogP contribution >= 0.6 is 0 Å². The molecule has 0 saturated heterocycles. The van der Waals surface area contributed by atoms with E-state index in [4.69, 9.17) is 0 Å². The Hall–Kier alpha value is -0.340. The zero-order valence-electron chi connectivity index (χ0n) is 16.6. The molecule has 2 N–H and O–H groups in total. The minimum atomic E-state index is 0.757. The number of quaternary nitrogens is 1. The Balaban J connectivity index is 3.03. The number of hydrogen-bond acceptors (Lipinski definition) is 1. The number of rotatable bonds is 20. The maximum atomic E-state index is 10.2. The van der Waals surface area contributed by atoms with Gasteiger partial charge in [0.2, 0.25) is 0 Å². The van der Waals surface area contributed by atoms with E-state index in [0.29, 0.717) is 0 Å². The van der Waals surface area contributed by atoms with E-state index in [9.17, 15) is 5.21 Å². The van der Waals surface area contributed by atoms with Crippen LogP contribution in [0.2, 0.25) is 0 Å². The molecule has 2 nitrogen and oxygen atoms in total. The SMILES string of the molecule is CCCCCCCCC=CCCCCCCCCCCCC[NH2+][O-]. The summed E-state index contributed by atoms with van der Waals surface area (Å²) in [7, 11) is 0. The predicted molar refractivity (Wildman–Crippen MR) is 108 cm³/mol. The average Bonchev–Trinajstić information content (AvgIpc) is 2.60. The van der Waals surface area contributed by atoms with Gasteiger partial charge in [-0.25, -0.2) is 0 Å². The second-order valence-electron chi connectivity index (χ2n) is 7.31. The fourth-order valence-electron chi connectivity index (χ4n) is 3.18. The smallest absolute Gasteiger partial charge is 0.0752 e. The molecule has 0 aromatic carbocycles. The van der Waals surface area contributed by atoms with Gasteiger partial charge in [0.25, 0.3) is 0 Å². The number of hydroxylamine groups is 1. The number of hydrogen-bond donors (Lipinski definition) is 1. The van der Waals surface area contributed by atoms with Crippen LogP contribution in [0.4, 0.5) is 0 Å². The van der Waals surface area contributed by atoms with E-state index < -0.39 is 0 Å². The molecule has 24 heavy (non-hydrogen) atoms. The van der Waals surface area contributed by atoms with Crippen molar-refractivity contribution >= 4 is 0 Å². The molecule has 144 valence electrons. The molecular formula is C22H45NO. The molecule has 0 atom stereocenters. The van der Waals surface area contributed by atoms with E-state index in [1.807, 2.05) is 0 Å². The Morgan fingerprint density at radius 2 is 0.917 bits per heavy atom. The van der Waals surface area contributed by atoms with Gasteiger partial charge in [0, 0.05) is 0 Å². The lowest BCUT2D eigenvalue weighted by Gasteiger charge is -2.03. The highest BCUT2D eigenvalue weighted by Gasteiger charge is 1.93. The molecule has 0 rings (SSSR count). The van der Waals surface area contributed by atoms with Crippen LogP contribution in [-0.2, 0) is 0 Å². The minimum absolute atomic E-state index is 0.757. The third-order valence-electron chi connectivity index (χ3n) is 4.83. The highest BCUT2D eigenvalue weighted by molar-refractivity contribution is 4.81. The molecule has 0 aromatic rings. The molecule has 0 heterocycles. The zero-order valence-corrected chi connectivity index (χ0v) is 16.6. The molecule has 0 aliphatic heterocycles. The van der Waals surface area contributed by atoms with Crippen molar-refractivity contribution in [2.75, 3.05) is 6.54 Å². The van der Waals surface area contributed by atoms with Gasteiger partial charge in [-0.15, -0.1) is 0 Å². The van der Waals surface area contributed by atoms with Crippen LogP contribution in [0.1, 0.15) is 122 Å². The minimum Gasteiger partial charge on any atom is -0.636 e. The van der Waals surface area contributed by atoms with Crippen LogP contribution in [0.25, 0.3) is 0 Å². The Labute approximate surface area is 152 Å². The van der Waals surface area contributed by atoms with Gasteiger partial charge in [0.15, 0.2) is 0 Å². The van der Waals surface area contributed by atoms with Gasteiger partial charge in [-0.1, -0.05) is 96.1 Å². The maximum Gasteiger partial charge on any atom is 0.0752 e. The van der Waals surface area contributed by atoms with Crippen LogP contribution in [0.5, 0.6) is 0 Å². The first-order valence-corrected chi connectivity index (χ1v) is 11.0. The van der Waals surface area contributed by atoms with E-state index in [0.717, 1.165) is 18.4 Å². The molecule has 0 aliphatic carbocycles. The summed E-state index contributed by atoms with van der Waals surface area (Å²) >= 11 is 0. The maximum absolute atomic E-state index is 10.2. The molecule has 0 spiro atoms. The first-order chi connectivity index (χ1) is 11.9. The molecule has 0 bridgehead atoms. The number of allylic oxidation sites excluding steroid dienone is 2. The van der Waals surface area contributed by atoms with Crippen LogP contribution in [-0.4, -0.2) is 6.54 Å². The summed E-state index contributed by atoms with van der Waals surface area (Å²) in [6, 6.07) is 0. The highest BCUT2D eigenvalue weighted by Crippen LogP contribution is 2.12. The third-order valence-corrected chi connectivity index (χ3v) is 4.83. The third kappa shape index (κ3) is 21.7. The molecule has 2 heteroatoms. The van der Waals surface area contributed by atoms with Gasteiger partial charge in [0.05, 0.1) is 6.54 Å². The van der Waals surface area contributed by atoms with Crippen LogP contribution in [0.15, 0.2) is 12.2 Å². The number of unbranched alkanes of at least 4 members (excludes halogenated alkanes) is 16. The molecule has 0 radical (unpaired) electrons. The molecular weight excluding hydrogens is 294 g/mol. The summed E-state index contributed by atoms with van der Waals surface area (Å²) in [5.74, 6) is 0. The van der Waals surface area contributed by atoms with Crippen LogP contribution < -0.4 is 5.48 Å². The normalized spacial score (nSPS) is 11.6. The Morgan fingerprint density at radius 1 is 0.542 bits per heavy atom. The Bertz CT molecular complexity index is 240. The monoisotopic (exact) mass is 339 g/mol. The molecule has 0 amide bonds. The van der Waals surface area contributed by atoms with Crippen LogP contribution in [0.3, 0.4) is 0 Å². The van der Waals surface area contributed by atoms with Gasteiger partial charge in [-0.3, -0.25) is 0 Å². The van der Waals surface area contributed by atoms with Crippen molar-refractivity contribution in [1.82, 2.24) is 0 Å². The number of nitrogens with two attached hydrogens (primary N) is 1. The van der Waals surface area contributed by atoms with Crippen molar-refractivity contribution < 1.29 is 5.48 Å². The fraction of sp³-hybridized carbons (Fsp3) is 0.909. The van der Waals surface area contributed by atoms with Crippen LogP contribution in [0, 0.1) is 5.21 Å². The molecule has 0 fully saturated rings. The summed E-state index contributed by atoms with van der Waals surface area (Å²) < 4.78 is 0. The fourth-order valence-corrected chi connectivity index (χ4v) is 3.18. The summed E-state index contributed by atoms with van der Waals surface area (Å²) in [6.45, 7) is 3.04. The van der Waals surface area contributed by atoms with E-state index in [2.05, 4.69) is 19.1 Å². The van der Waals surface area contributed by atoms with Crippen molar-refractivity contribution in [1.29, 1.82) is 0 Å². The van der Waals surface area contributed by atoms with E-state index >= 15 is 0 Å². The van der Waals surface area contributed by atoms with E-state index in [-0.39, 0.29) is 0 Å². The summed E-state index contributed by atoms with van der Waals surface area (Å²) in [6.07, 6.45) is 29.2. The summed E-state index contributed by atoms with van der Waals surface area (Å²) in [4.78, 5) is 0. The van der Waals surface area contributed by atoms with Crippen molar-refractivity contribution in [3.8, 4) is 0 Å². The van der Waals surface area contributed by atoms with Gasteiger partial charge in [-0.05, 0) is 38.5 Å². The van der Waals surface area contributed by atoms with Crippen molar-refractivity contribution in [2.45, 2.75) is 122 Å². The van der Waals surface area contributed by atoms with Crippen molar-refractivity contribution in [3.05, 3.63) is 17.4 Å².